The van der Waals surface area contributed by atoms with Gasteiger partial charge in [-0.25, -0.2) is 8.42 Å². The maximum atomic E-state index is 11.4. The lowest BCUT2D eigenvalue weighted by molar-refractivity contribution is -0.139. The molecule has 0 saturated carbocycles. The molecule has 1 N–H and O–H groups in total. The average Bonchev–Trinajstić information content (AvgIpc) is 2.24. The summed E-state index contributed by atoms with van der Waals surface area (Å²) in [6.07, 6.45) is 1.09. The van der Waals surface area contributed by atoms with Gasteiger partial charge in [0.15, 0.2) is 0 Å². The molecule has 106 valence electrons. The summed E-state index contributed by atoms with van der Waals surface area (Å²) in [5, 5.41) is 8.91. The van der Waals surface area contributed by atoms with Crippen molar-refractivity contribution in [1.29, 1.82) is 0 Å². The maximum Gasteiger partial charge on any atom is 0.317 e. The number of rotatable bonds is 6. The molecule has 0 amide bonds. The molecule has 0 radical (unpaired) electrons. The predicted molar refractivity (Wildman–Crippen MR) is 69.4 cm³/mol. The highest BCUT2D eigenvalue weighted by Crippen LogP contribution is 2.17. The smallest absolute Gasteiger partial charge is 0.317 e. The summed E-state index contributed by atoms with van der Waals surface area (Å²) in [7, 11) is 0.976. The number of carbonyl (C=O) groups is 1. The van der Waals surface area contributed by atoms with Gasteiger partial charge in [0.1, 0.15) is 9.84 Å². The van der Waals surface area contributed by atoms with Gasteiger partial charge in [0.2, 0.25) is 0 Å². The van der Waals surface area contributed by atoms with Crippen molar-refractivity contribution >= 4 is 15.8 Å². The molecule has 0 spiro atoms. The van der Waals surface area contributed by atoms with Crippen molar-refractivity contribution in [2.24, 2.45) is 0 Å². The van der Waals surface area contributed by atoms with Gasteiger partial charge in [-0.05, 0) is 26.9 Å². The van der Waals surface area contributed by atoms with Crippen molar-refractivity contribution < 1.29 is 18.3 Å². The summed E-state index contributed by atoms with van der Waals surface area (Å²) in [5.41, 5.74) is 0. The molecule has 18 heavy (non-hydrogen) atoms. The van der Waals surface area contributed by atoms with Crippen molar-refractivity contribution in [3.63, 3.8) is 0 Å². The highest BCUT2D eigenvalue weighted by atomic mass is 32.2. The quantitative estimate of drug-likeness (QED) is 0.706. The number of carboxylic acids is 1. The monoisotopic (exact) mass is 278 g/mol. The van der Waals surface area contributed by atoms with Crippen LogP contribution in [0.1, 0.15) is 12.8 Å². The molecule has 0 aromatic carbocycles. The Kier molecular flexibility index (Phi) is 5.55. The van der Waals surface area contributed by atoms with Crippen LogP contribution in [0.2, 0.25) is 0 Å². The predicted octanol–water partition coefficient (Wildman–Crippen LogP) is -0.488. The van der Waals surface area contributed by atoms with Crippen LogP contribution in [0, 0.1) is 0 Å². The first-order valence-electron chi connectivity index (χ1n) is 6.11. The standard InChI is InChI=1S/C11H22N2O4S/c1-12(2)5-6-13(9-11(14)15)10-3-7-18(16,17)8-4-10/h10H,3-9H2,1-2H3,(H,14,15). The molecular weight excluding hydrogens is 256 g/mol. The van der Waals surface area contributed by atoms with E-state index in [2.05, 4.69) is 0 Å². The fourth-order valence-corrected chi connectivity index (χ4v) is 3.60. The molecular formula is C11H22N2O4S. The van der Waals surface area contributed by atoms with Gasteiger partial charge in [0.05, 0.1) is 18.1 Å². The average molecular weight is 278 g/mol. The number of hydrogen-bond acceptors (Lipinski definition) is 5. The number of likely N-dealkylation sites (N-methyl/N-ethyl adjacent to an activating group) is 1. The number of nitrogens with zero attached hydrogens (tertiary/aromatic N) is 2. The van der Waals surface area contributed by atoms with Gasteiger partial charge >= 0.3 is 5.97 Å². The molecule has 0 atom stereocenters. The van der Waals surface area contributed by atoms with Gasteiger partial charge in [-0.15, -0.1) is 0 Å². The van der Waals surface area contributed by atoms with Crippen LogP contribution in [-0.2, 0) is 14.6 Å². The lowest BCUT2D eigenvalue weighted by Crippen LogP contribution is -2.46. The molecule has 1 aliphatic heterocycles. The molecule has 1 fully saturated rings. The topological polar surface area (TPSA) is 77.9 Å². The second kappa shape index (κ2) is 6.49. The Morgan fingerprint density at radius 3 is 2.22 bits per heavy atom. The summed E-state index contributed by atoms with van der Waals surface area (Å²) in [6, 6.07) is 0.0737. The van der Waals surface area contributed by atoms with E-state index in [9.17, 15) is 13.2 Å². The molecule has 7 heteroatoms. The normalized spacial score (nSPS) is 20.4. The summed E-state index contributed by atoms with van der Waals surface area (Å²) >= 11 is 0. The van der Waals surface area contributed by atoms with Gasteiger partial charge < -0.3 is 10.0 Å². The number of hydrogen-bond donors (Lipinski definition) is 1. The van der Waals surface area contributed by atoms with E-state index in [0.29, 0.717) is 19.4 Å². The highest BCUT2D eigenvalue weighted by molar-refractivity contribution is 7.91. The zero-order valence-electron chi connectivity index (χ0n) is 11.0. The molecule has 1 heterocycles. The van der Waals surface area contributed by atoms with Crippen LogP contribution in [0.3, 0.4) is 0 Å². The largest absolute Gasteiger partial charge is 0.480 e. The van der Waals surface area contributed by atoms with Gasteiger partial charge in [-0.3, -0.25) is 9.69 Å². The van der Waals surface area contributed by atoms with Gasteiger partial charge in [-0.1, -0.05) is 0 Å². The van der Waals surface area contributed by atoms with E-state index in [-0.39, 0.29) is 24.1 Å². The molecule has 1 aliphatic rings. The van der Waals surface area contributed by atoms with Crippen molar-refractivity contribution in [3.05, 3.63) is 0 Å². The van der Waals surface area contributed by atoms with E-state index >= 15 is 0 Å². The Hall–Kier alpha value is -0.660. The molecule has 0 aromatic heterocycles. The van der Waals surface area contributed by atoms with Crippen molar-refractivity contribution in [3.8, 4) is 0 Å². The summed E-state index contributed by atoms with van der Waals surface area (Å²) in [5.74, 6) is -0.506. The molecule has 6 nitrogen and oxygen atoms in total. The Balaban J connectivity index is 2.57. The minimum absolute atomic E-state index is 0.0153. The third kappa shape index (κ3) is 5.32. The molecule has 1 rings (SSSR count). The van der Waals surface area contributed by atoms with Crippen LogP contribution in [0.4, 0.5) is 0 Å². The van der Waals surface area contributed by atoms with Crippen LogP contribution in [-0.4, -0.2) is 80.6 Å². The Labute approximate surface area is 108 Å². The molecule has 0 unspecified atom stereocenters. The van der Waals surface area contributed by atoms with Gasteiger partial charge in [-0.2, -0.15) is 0 Å². The summed E-state index contributed by atoms with van der Waals surface area (Å²) in [4.78, 5) is 14.7. The minimum atomic E-state index is -2.89. The van der Waals surface area contributed by atoms with Crippen LogP contribution in [0.15, 0.2) is 0 Å². The van der Waals surface area contributed by atoms with E-state index in [1.807, 2.05) is 23.9 Å². The lowest BCUT2D eigenvalue weighted by Gasteiger charge is -2.33. The van der Waals surface area contributed by atoms with Crippen molar-refractivity contribution in [1.82, 2.24) is 9.80 Å². The van der Waals surface area contributed by atoms with Crippen molar-refractivity contribution in [2.75, 3.05) is 45.2 Å². The zero-order valence-corrected chi connectivity index (χ0v) is 11.8. The Bertz CT molecular complexity index is 367. The summed E-state index contributed by atoms with van der Waals surface area (Å²) < 4.78 is 22.7. The van der Waals surface area contributed by atoms with E-state index < -0.39 is 15.8 Å². The van der Waals surface area contributed by atoms with E-state index in [1.54, 1.807) is 0 Å². The zero-order chi connectivity index (χ0) is 13.8. The molecule has 1 saturated heterocycles. The van der Waals surface area contributed by atoms with E-state index in [0.717, 1.165) is 6.54 Å². The minimum Gasteiger partial charge on any atom is -0.480 e. The van der Waals surface area contributed by atoms with Crippen LogP contribution < -0.4 is 0 Å². The van der Waals surface area contributed by atoms with Crippen molar-refractivity contribution in [2.45, 2.75) is 18.9 Å². The Morgan fingerprint density at radius 1 is 1.22 bits per heavy atom. The van der Waals surface area contributed by atoms with Gasteiger partial charge in [0, 0.05) is 19.1 Å². The molecule has 0 aromatic rings. The molecule has 0 aliphatic carbocycles. The third-order valence-electron chi connectivity index (χ3n) is 3.21. The fraction of sp³-hybridized carbons (Fsp3) is 0.909. The first-order valence-corrected chi connectivity index (χ1v) is 7.93. The van der Waals surface area contributed by atoms with Crippen LogP contribution in [0.5, 0.6) is 0 Å². The van der Waals surface area contributed by atoms with E-state index in [1.165, 1.54) is 0 Å². The van der Waals surface area contributed by atoms with Crippen LogP contribution >= 0.6 is 0 Å². The SMILES string of the molecule is CN(C)CCN(CC(=O)O)C1CCS(=O)(=O)CC1. The first kappa shape index (κ1) is 15.4. The highest BCUT2D eigenvalue weighted by Gasteiger charge is 2.28. The summed E-state index contributed by atoms with van der Waals surface area (Å²) in [6.45, 7) is 1.42. The first-order chi connectivity index (χ1) is 8.30. The number of sulfone groups is 1. The number of aliphatic carboxylic acids is 1. The Morgan fingerprint density at radius 2 is 1.78 bits per heavy atom. The third-order valence-corrected chi connectivity index (χ3v) is 4.93. The lowest BCUT2D eigenvalue weighted by atomic mass is 10.1. The van der Waals surface area contributed by atoms with Crippen LogP contribution in [0.25, 0.3) is 0 Å². The molecule has 0 bridgehead atoms. The second-order valence-corrected chi connectivity index (χ2v) is 7.35. The van der Waals surface area contributed by atoms with Gasteiger partial charge in [0.25, 0.3) is 0 Å². The number of carboxylic acid groups (broad SMARTS) is 1. The second-order valence-electron chi connectivity index (χ2n) is 5.05. The van der Waals surface area contributed by atoms with E-state index in [4.69, 9.17) is 5.11 Å². The fourth-order valence-electron chi connectivity index (χ4n) is 2.14. The maximum absolute atomic E-state index is 11.4.